The van der Waals surface area contributed by atoms with Crippen LogP contribution in [0.5, 0.6) is 5.75 Å². The van der Waals surface area contributed by atoms with Crippen molar-refractivity contribution in [2.75, 3.05) is 84.0 Å². The summed E-state index contributed by atoms with van der Waals surface area (Å²) in [7, 11) is 3.34. The van der Waals surface area contributed by atoms with Gasteiger partial charge in [-0.25, -0.2) is 10.0 Å². The van der Waals surface area contributed by atoms with Gasteiger partial charge >= 0.3 is 5.69 Å². The van der Waals surface area contributed by atoms with Crippen LogP contribution in [0.4, 0.5) is 11.4 Å². The molecular formula is C25H38N8O3. The number of piperidine rings is 1. The molecule has 0 aliphatic carbocycles. The molecule has 3 saturated heterocycles. The van der Waals surface area contributed by atoms with E-state index in [1.54, 1.807) is 16.9 Å². The third-order valence-corrected chi connectivity index (χ3v) is 7.83. The minimum absolute atomic E-state index is 0.0268. The summed E-state index contributed by atoms with van der Waals surface area (Å²) in [6, 6.07) is 3.44. The average Bonchev–Trinajstić information content (AvgIpc) is 3.35. The number of methoxy groups -OCH3 is 1. The summed E-state index contributed by atoms with van der Waals surface area (Å²) in [6.45, 7) is 11.6. The molecule has 3 fully saturated rings. The van der Waals surface area contributed by atoms with Crippen molar-refractivity contribution >= 4 is 11.4 Å². The lowest BCUT2D eigenvalue weighted by Gasteiger charge is -2.46. The number of aryl methyl sites for hydroxylation is 1. The number of benzene rings is 1. The van der Waals surface area contributed by atoms with Crippen LogP contribution in [-0.4, -0.2) is 109 Å². The third kappa shape index (κ3) is 5.49. The minimum Gasteiger partial charge on any atom is -0.490 e. The van der Waals surface area contributed by atoms with Gasteiger partial charge < -0.3 is 19.9 Å². The fourth-order valence-electron chi connectivity index (χ4n) is 5.77. The van der Waals surface area contributed by atoms with Crippen molar-refractivity contribution in [1.82, 2.24) is 30.0 Å². The Labute approximate surface area is 212 Å². The Balaban J connectivity index is 1.23. The van der Waals surface area contributed by atoms with E-state index < -0.39 is 0 Å². The second-order valence-electron chi connectivity index (χ2n) is 10.1. The molecule has 11 heteroatoms. The quantitative estimate of drug-likeness (QED) is 0.452. The highest BCUT2D eigenvalue weighted by molar-refractivity contribution is 5.82. The molecule has 5 rings (SSSR count). The number of nitrogens with zero attached hydrogens (tertiary/aromatic N) is 7. The van der Waals surface area contributed by atoms with Gasteiger partial charge in [0.1, 0.15) is 0 Å². The van der Waals surface area contributed by atoms with Crippen molar-refractivity contribution in [2.24, 2.45) is 13.0 Å². The van der Waals surface area contributed by atoms with Gasteiger partial charge in [0.05, 0.1) is 18.2 Å². The van der Waals surface area contributed by atoms with Crippen molar-refractivity contribution in [3.05, 3.63) is 34.6 Å². The number of hydrogen-bond acceptors (Lipinski definition) is 9. The van der Waals surface area contributed by atoms with Gasteiger partial charge in [-0.1, -0.05) is 0 Å². The van der Waals surface area contributed by atoms with Crippen LogP contribution in [0, 0.1) is 16.0 Å². The van der Waals surface area contributed by atoms with Gasteiger partial charge in [-0.3, -0.25) is 14.8 Å². The first-order chi connectivity index (χ1) is 17.5. The Morgan fingerprint density at radius 2 is 1.72 bits per heavy atom. The summed E-state index contributed by atoms with van der Waals surface area (Å²) in [4.78, 5) is 16.3. The summed E-state index contributed by atoms with van der Waals surface area (Å²) in [6.07, 6.45) is 6.26. The highest BCUT2D eigenvalue weighted by Crippen LogP contribution is 2.40. The van der Waals surface area contributed by atoms with Crippen LogP contribution >= 0.6 is 0 Å². The molecule has 0 atom stereocenters. The molecule has 0 unspecified atom stereocenters. The van der Waals surface area contributed by atoms with Crippen molar-refractivity contribution in [1.29, 1.82) is 0 Å². The van der Waals surface area contributed by atoms with Crippen LogP contribution in [-0.2, 0) is 7.05 Å². The number of nitro benzene ring substituents is 1. The number of hydrogen-bond donors (Lipinski definition) is 1. The molecule has 0 saturated carbocycles. The lowest BCUT2D eigenvalue weighted by Crippen LogP contribution is -2.59. The molecule has 36 heavy (non-hydrogen) atoms. The first kappa shape index (κ1) is 24.9. The number of ether oxygens (including phenoxy) is 1. The average molecular weight is 499 g/mol. The molecule has 2 aromatic rings. The molecule has 196 valence electrons. The van der Waals surface area contributed by atoms with E-state index in [1.807, 2.05) is 19.3 Å². The van der Waals surface area contributed by atoms with E-state index in [0.717, 1.165) is 88.2 Å². The molecular weight excluding hydrogens is 460 g/mol. The van der Waals surface area contributed by atoms with Crippen molar-refractivity contribution in [3.8, 4) is 16.9 Å². The van der Waals surface area contributed by atoms with E-state index in [1.165, 1.54) is 26.5 Å². The Morgan fingerprint density at radius 3 is 2.31 bits per heavy atom. The summed E-state index contributed by atoms with van der Waals surface area (Å²) in [5.74, 6) is 1.13. The van der Waals surface area contributed by atoms with E-state index in [0.29, 0.717) is 0 Å². The minimum atomic E-state index is -0.384. The Bertz CT molecular complexity index is 1040. The molecule has 1 aromatic carbocycles. The molecule has 1 aromatic heterocycles. The lowest BCUT2D eigenvalue weighted by atomic mass is 9.97. The first-order valence-corrected chi connectivity index (χ1v) is 13.0. The zero-order valence-electron chi connectivity index (χ0n) is 21.4. The first-order valence-electron chi connectivity index (χ1n) is 13.0. The van der Waals surface area contributed by atoms with Crippen LogP contribution in [0.1, 0.15) is 12.8 Å². The molecule has 3 aliphatic heterocycles. The molecule has 0 amide bonds. The maximum Gasteiger partial charge on any atom is 0.311 e. The van der Waals surface area contributed by atoms with Crippen LogP contribution in [0.15, 0.2) is 24.5 Å². The fraction of sp³-hybridized carbons (Fsp3) is 0.640. The van der Waals surface area contributed by atoms with Gasteiger partial charge in [0, 0.05) is 101 Å². The van der Waals surface area contributed by atoms with Crippen LogP contribution < -0.4 is 15.0 Å². The summed E-state index contributed by atoms with van der Waals surface area (Å²) >= 11 is 0. The number of nitro groups is 1. The normalized spacial score (nSPS) is 21.1. The number of rotatable bonds is 7. The van der Waals surface area contributed by atoms with E-state index in [4.69, 9.17) is 4.74 Å². The van der Waals surface area contributed by atoms with Gasteiger partial charge in [0.2, 0.25) is 0 Å². The second kappa shape index (κ2) is 11.1. The highest BCUT2D eigenvalue weighted by atomic mass is 16.6. The number of anilines is 1. The largest absolute Gasteiger partial charge is 0.490 e. The Morgan fingerprint density at radius 1 is 1.06 bits per heavy atom. The van der Waals surface area contributed by atoms with Gasteiger partial charge in [0.15, 0.2) is 5.75 Å². The highest BCUT2D eigenvalue weighted by Gasteiger charge is 2.29. The maximum absolute atomic E-state index is 11.7. The van der Waals surface area contributed by atoms with Gasteiger partial charge in [-0.15, -0.1) is 0 Å². The summed E-state index contributed by atoms with van der Waals surface area (Å²) in [5, 5.41) is 24.4. The third-order valence-electron chi connectivity index (χ3n) is 7.83. The monoisotopic (exact) mass is 498 g/mol. The standard InChI is InChI=1S/C25H38N8O3/c1-28-19-21(17-27-28)22-15-24(33(34)35)25(36-2)16-23(22)30-9-13-32(14-10-30)31-11-7-29(8-12-31)18-20-3-5-26-6-4-20/h15-17,19-20,26H,3-14,18H2,1-2H3. The lowest BCUT2D eigenvalue weighted by molar-refractivity contribution is -0.385. The predicted octanol–water partition coefficient (Wildman–Crippen LogP) is 1.66. The van der Waals surface area contributed by atoms with Gasteiger partial charge in [-0.2, -0.15) is 5.10 Å². The van der Waals surface area contributed by atoms with Crippen LogP contribution in [0.2, 0.25) is 0 Å². The second-order valence-corrected chi connectivity index (χ2v) is 10.1. The van der Waals surface area contributed by atoms with Gasteiger partial charge in [-0.05, 0) is 31.8 Å². The molecule has 11 nitrogen and oxygen atoms in total. The maximum atomic E-state index is 11.7. The number of piperazine rings is 2. The summed E-state index contributed by atoms with van der Waals surface area (Å²) in [5.41, 5.74) is 2.61. The molecule has 3 aliphatic rings. The van der Waals surface area contributed by atoms with Crippen LogP contribution in [0.25, 0.3) is 11.1 Å². The molecule has 1 N–H and O–H groups in total. The zero-order chi connectivity index (χ0) is 25.1. The van der Waals surface area contributed by atoms with Crippen LogP contribution in [0.3, 0.4) is 0 Å². The van der Waals surface area contributed by atoms with E-state index in [-0.39, 0.29) is 16.4 Å². The van der Waals surface area contributed by atoms with Crippen molar-refractivity contribution < 1.29 is 9.66 Å². The van der Waals surface area contributed by atoms with E-state index in [9.17, 15) is 10.1 Å². The van der Waals surface area contributed by atoms with E-state index in [2.05, 4.69) is 30.2 Å². The molecule has 0 radical (unpaired) electrons. The molecule has 0 bridgehead atoms. The summed E-state index contributed by atoms with van der Waals surface area (Å²) < 4.78 is 7.12. The Hall–Kier alpha value is -2.73. The van der Waals surface area contributed by atoms with E-state index >= 15 is 0 Å². The fourth-order valence-corrected chi connectivity index (χ4v) is 5.77. The Kier molecular flexibility index (Phi) is 7.70. The number of hydrazine groups is 1. The van der Waals surface area contributed by atoms with Gasteiger partial charge in [0.25, 0.3) is 0 Å². The molecule has 4 heterocycles. The number of aromatic nitrogens is 2. The topological polar surface area (TPSA) is 95.2 Å². The van der Waals surface area contributed by atoms with Crippen molar-refractivity contribution in [2.45, 2.75) is 12.8 Å². The smallest absolute Gasteiger partial charge is 0.311 e. The van der Waals surface area contributed by atoms with Crippen molar-refractivity contribution in [3.63, 3.8) is 0 Å². The predicted molar refractivity (Wildman–Crippen MR) is 139 cm³/mol. The zero-order valence-corrected chi connectivity index (χ0v) is 21.4. The number of nitrogens with one attached hydrogen (secondary N) is 1. The SMILES string of the molecule is COc1cc(N2CCN(N3CCN(CC4CCNCC4)CC3)CC2)c(-c2cnn(C)c2)cc1[N+](=O)[O-]. The molecule has 0 spiro atoms.